The number of aromatic amines is 1. The summed E-state index contributed by atoms with van der Waals surface area (Å²) in [5.74, 6) is -0.390. The summed E-state index contributed by atoms with van der Waals surface area (Å²) in [7, 11) is 1.68. The molecule has 0 radical (unpaired) electrons. The van der Waals surface area contributed by atoms with Crippen molar-refractivity contribution in [3.8, 4) is 11.3 Å². The highest BCUT2D eigenvalue weighted by Gasteiger charge is 2.12. The van der Waals surface area contributed by atoms with Gasteiger partial charge in [0.05, 0.1) is 6.42 Å². The number of hydrogen-bond donors (Lipinski definition) is 5. The van der Waals surface area contributed by atoms with Gasteiger partial charge in [0.1, 0.15) is 11.9 Å². The molecule has 10 nitrogen and oxygen atoms in total. The van der Waals surface area contributed by atoms with Gasteiger partial charge in [0.15, 0.2) is 0 Å². The number of imidazole rings is 1. The molecule has 3 aromatic rings. The number of nitrogens with two attached hydrogens (primary N) is 2. The summed E-state index contributed by atoms with van der Waals surface area (Å²) in [6.45, 7) is 0.382. The minimum Gasteiger partial charge on any atom is -0.404 e. The minimum absolute atomic E-state index is 0.0919. The first kappa shape index (κ1) is 25.3. The minimum atomic E-state index is -0.575. The number of carbonyl (C=O) groups is 1. The number of thiol groups is 1. The van der Waals surface area contributed by atoms with Gasteiger partial charge >= 0.3 is 5.95 Å². The fourth-order valence-electron chi connectivity index (χ4n) is 2.97. The van der Waals surface area contributed by atoms with Gasteiger partial charge in [0.25, 0.3) is 0 Å². The van der Waals surface area contributed by atoms with E-state index < -0.39 is 4.92 Å². The fourth-order valence-corrected chi connectivity index (χ4v) is 2.97. The lowest BCUT2D eigenvalue weighted by Crippen LogP contribution is -2.24. The molecule has 0 unspecified atom stereocenters. The van der Waals surface area contributed by atoms with Crippen molar-refractivity contribution in [2.24, 2.45) is 15.9 Å². The highest BCUT2D eigenvalue weighted by Crippen LogP contribution is 2.20. The molecule has 0 aliphatic rings. The van der Waals surface area contributed by atoms with Crippen LogP contribution >= 0.6 is 12.8 Å². The van der Waals surface area contributed by atoms with Gasteiger partial charge in [0, 0.05) is 37.1 Å². The van der Waals surface area contributed by atoms with Crippen LogP contribution in [0.4, 0.5) is 5.95 Å². The van der Waals surface area contributed by atoms with Crippen molar-refractivity contribution in [3.63, 3.8) is 0 Å². The first-order valence-electron chi connectivity index (χ1n) is 9.74. The SMILES string of the molecule is CN=C/C(=C\N)c1ccc(CC(=O)NCc2ccc(-c3cnc([N+](=O)[O-])[nH]3)cc2)cc1.NS. The standard InChI is InChI=1S/C22H22N6O3.H3NS/c1-24-13-19(11-23)17-6-2-15(3-7-17)10-21(29)25-12-16-4-8-18(9-5-16)20-14-26-22(27-20)28(30)31;1-2/h2-9,11,13-14H,10,12,23H2,1H3,(H,25,29)(H,26,27);2H,1H2/b19-11+,24-13?;. The predicted molar refractivity (Wildman–Crippen MR) is 132 cm³/mol. The molecule has 6 N–H and O–H groups in total. The molecule has 0 atom stereocenters. The molecule has 2 aromatic carbocycles. The molecule has 0 saturated heterocycles. The molecule has 0 aliphatic carbocycles. The Bertz CT molecular complexity index is 1120. The largest absolute Gasteiger partial charge is 0.432 e. The summed E-state index contributed by atoms with van der Waals surface area (Å²) >= 11 is 3.03. The van der Waals surface area contributed by atoms with Crippen LogP contribution in [0.2, 0.25) is 0 Å². The summed E-state index contributed by atoms with van der Waals surface area (Å²) < 4.78 is 0. The molecule has 1 amide bonds. The number of H-pyrrole nitrogens is 1. The summed E-state index contributed by atoms with van der Waals surface area (Å²) in [6.07, 6.45) is 4.86. The molecule has 1 aromatic heterocycles. The van der Waals surface area contributed by atoms with Gasteiger partial charge in [0.2, 0.25) is 5.91 Å². The number of carbonyl (C=O) groups excluding carboxylic acids is 1. The average Bonchev–Trinajstić information content (AvgIpc) is 3.34. The number of nitro groups is 1. The number of amides is 1. The van der Waals surface area contributed by atoms with E-state index in [1.54, 1.807) is 13.3 Å². The zero-order valence-electron chi connectivity index (χ0n) is 17.9. The van der Waals surface area contributed by atoms with E-state index >= 15 is 0 Å². The number of nitrogens with one attached hydrogen (secondary N) is 2. The lowest BCUT2D eigenvalue weighted by Gasteiger charge is -2.07. The molecular weight excluding hydrogens is 442 g/mol. The van der Waals surface area contributed by atoms with E-state index in [0.29, 0.717) is 12.2 Å². The van der Waals surface area contributed by atoms with Crippen LogP contribution in [0.15, 0.2) is 65.9 Å². The lowest BCUT2D eigenvalue weighted by molar-refractivity contribution is -0.393. The van der Waals surface area contributed by atoms with Gasteiger partial charge in [-0.05, 0) is 21.6 Å². The number of hydrogen-bond acceptors (Lipinski definition) is 8. The van der Waals surface area contributed by atoms with Crippen LogP contribution in [0.3, 0.4) is 0 Å². The van der Waals surface area contributed by atoms with Crippen molar-refractivity contribution in [1.82, 2.24) is 15.3 Å². The molecule has 0 saturated carbocycles. The Hall–Kier alpha value is -3.96. The number of aromatic nitrogens is 2. The second-order valence-corrected chi connectivity index (χ2v) is 6.73. The maximum Gasteiger partial charge on any atom is 0.432 e. The predicted octanol–water partition coefficient (Wildman–Crippen LogP) is 2.63. The third-order valence-electron chi connectivity index (χ3n) is 4.59. The monoisotopic (exact) mass is 467 g/mol. The summed E-state index contributed by atoms with van der Waals surface area (Å²) in [5.41, 5.74) is 10.5. The van der Waals surface area contributed by atoms with Crippen LogP contribution in [0.25, 0.3) is 16.8 Å². The van der Waals surface area contributed by atoms with Gasteiger partial charge in [-0.15, -0.1) is 12.8 Å². The molecule has 11 heteroatoms. The van der Waals surface area contributed by atoms with Gasteiger partial charge in [-0.25, -0.2) is 4.98 Å². The van der Waals surface area contributed by atoms with Gasteiger partial charge in [-0.2, -0.15) is 0 Å². The van der Waals surface area contributed by atoms with Crippen LogP contribution < -0.4 is 16.2 Å². The van der Waals surface area contributed by atoms with E-state index in [1.165, 1.54) is 12.4 Å². The van der Waals surface area contributed by atoms with Crippen molar-refractivity contribution >= 4 is 36.5 Å². The first-order valence-corrected chi connectivity index (χ1v) is 10.3. The van der Waals surface area contributed by atoms with Crippen molar-refractivity contribution in [2.45, 2.75) is 13.0 Å². The number of rotatable bonds is 8. The van der Waals surface area contributed by atoms with Crippen LogP contribution in [0.5, 0.6) is 0 Å². The summed E-state index contributed by atoms with van der Waals surface area (Å²) in [4.78, 5) is 32.8. The van der Waals surface area contributed by atoms with Gasteiger partial charge in [-0.3, -0.25) is 14.9 Å². The number of aliphatic imine (C=N–C) groups is 1. The van der Waals surface area contributed by atoms with E-state index in [1.807, 2.05) is 48.5 Å². The van der Waals surface area contributed by atoms with E-state index in [2.05, 4.69) is 38.2 Å². The molecule has 0 spiro atoms. The third kappa shape index (κ3) is 7.30. The third-order valence-corrected chi connectivity index (χ3v) is 4.59. The highest BCUT2D eigenvalue weighted by molar-refractivity contribution is 7.77. The second kappa shape index (κ2) is 12.8. The number of benzene rings is 2. The Morgan fingerprint density at radius 2 is 1.82 bits per heavy atom. The van der Waals surface area contributed by atoms with Crippen molar-refractivity contribution < 1.29 is 9.72 Å². The average molecular weight is 468 g/mol. The van der Waals surface area contributed by atoms with Crippen LogP contribution in [0, 0.1) is 10.1 Å². The lowest BCUT2D eigenvalue weighted by atomic mass is 10.0. The number of nitrogens with zero attached hydrogens (tertiary/aromatic N) is 3. The molecule has 0 bridgehead atoms. The van der Waals surface area contributed by atoms with Crippen molar-refractivity contribution in [3.05, 3.63) is 87.7 Å². The first-order chi connectivity index (χ1) is 16.0. The fraction of sp³-hybridized carbons (Fsp3) is 0.136. The molecule has 33 heavy (non-hydrogen) atoms. The molecule has 0 aliphatic heterocycles. The Kier molecular flexibility index (Phi) is 9.80. The Balaban J connectivity index is 0.00000187. The topological polar surface area (TPSA) is 165 Å². The number of allylic oxidation sites excluding steroid dienone is 1. The van der Waals surface area contributed by atoms with Gasteiger partial charge < -0.3 is 21.2 Å². The maximum atomic E-state index is 12.3. The van der Waals surface area contributed by atoms with E-state index in [4.69, 9.17) is 5.73 Å². The zero-order chi connectivity index (χ0) is 24.2. The second-order valence-electron chi connectivity index (χ2n) is 6.73. The Labute approximate surface area is 196 Å². The maximum absolute atomic E-state index is 12.3. The van der Waals surface area contributed by atoms with Crippen LogP contribution in [-0.2, 0) is 17.8 Å². The van der Waals surface area contributed by atoms with Crippen LogP contribution in [0.1, 0.15) is 16.7 Å². The smallest absolute Gasteiger partial charge is 0.404 e. The van der Waals surface area contributed by atoms with E-state index in [-0.39, 0.29) is 18.3 Å². The zero-order valence-corrected chi connectivity index (χ0v) is 18.8. The van der Waals surface area contributed by atoms with Crippen molar-refractivity contribution in [2.75, 3.05) is 7.05 Å². The summed E-state index contributed by atoms with van der Waals surface area (Å²) in [5, 5.41) is 17.8. The molecule has 172 valence electrons. The normalized spacial score (nSPS) is 11.1. The molecule has 1 heterocycles. The van der Waals surface area contributed by atoms with Crippen LogP contribution in [-0.4, -0.2) is 34.1 Å². The molecule has 0 fully saturated rings. The Morgan fingerprint density at radius 1 is 1.18 bits per heavy atom. The Morgan fingerprint density at radius 3 is 2.36 bits per heavy atom. The van der Waals surface area contributed by atoms with E-state index in [9.17, 15) is 14.9 Å². The van der Waals surface area contributed by atoms with Crippen molar-refractivity contribution in [1.29, 1.82) is 0 Å². The molecule has 3 rings (SSSR count). The van der Waals surface area contributed by atoms with Gasteiger partial charge in [-0.1, -0.05) is 53.5 Å². The highest BCUT2D eigenvalue weighted by atomic mass is 32.1. The quantitative estimate of drug-likeness (QED) is 0.148. The van der Waals surface area contributed by atoms with E-state index in [0.717, 1.165) is 27.8 Å². The molecular formula is C22H25N7O3S. The summed E-state index contributed by atoms with van der Waals surface area (Å²) in [6, 6.07) is 14.9.